The van der Waals surface area contributed by atoms with E-state index in [4.69, 9.17) is 4.74 Å². The second-order valence-electron chi connectivity index (χ2n) is 8.14. The molecule has 1 aromatic rings. The predicted octanol–water partition coefficient (Wildman–Crippen LogP) is 3.19. The van der Waals surface area contributed by atoms with E-state index in [0.717, 1.165) is 7.11 Å². The first kappa shape index (κ1) is 21.2. The molecule has 0 amide bonds. The maximum absolute atomic E-state index is 13.9. The summed E-state index contributed by atoms with van der Waals surface area (Å²) in [4.78, 5) is 25.4. The molecule has 0 fully saturated rings. The number of hydrogen-bond donors (Lipinski definition) is 2. The van der Waals surface area contributed by atoms with E-state index in [0.29, 0.717) is 0 Å². The third kappa shape index (κ3) is 3.48. The Kier molecular flexibility index (Phi) is 4.93. The summed E-state index contributed by atoms with van der Waals surface area (Å²) >= 11 is 0. The summed E-state index contributed by atoms with van der Waals surface area (Å²) in [7, 11) is 0.892. The number of carbonyl (C=O) groups is 2. The third-order valence-corrected chi connectivity index (χ3v) is 5.34. The Morgan fingerprint density at radius 1 is 1.21 bits per heavy atom. The third-order valence-electron chi connectivity index (χ3n) is 5.34. The molecule has 2 N–H and O–H groups in total. The number of Topliss-reactive ketones (excluding diaryl/α,β-unsaturated/α-hetero) is 1. The van der Waals surface area contributed by atoms with Gasteiger partial charge in [-0.2, -0.15) is 13.2 Å². The fourth-order valence-corrected chi connectivity index (χ4v) is 4.06. The molecule has 0 unspecified atom stereocenters. The minimum atomic E-state index is -5.34. The summed E-state index contributed by atoms with van der Waals surface area (Å²) in [5, 5.41) is 20.1. The van der Waals surface area contributed by atoms with Crippen molar-refractivity contribution in [3.8, 4) is 5.75 Å². The molecule has 1 aromatic carbocycles. The number of phenolic OH excluding ortho intramolecular Hbond substituents is 1. The minimum absolute atomic E-state index is 0.0189. The average Bonchev–Trinajstić information content (AvgIpc) is 2.58. The number of benzene rings is 1. The smallest absolute Gasteiger partial charge is 0.456 e. The van der Waals surface area contributed by atoms with Crippen LogP contribution in [0.2, 0.25) is 0 Å². The van der Waals surface area contributed by atoms with Crippen LogP contribution in [-0.4, -0.2) is 41.0 Å². The van der Waals surface area contributed by atoms with Crippen molar-refractivity contribution in [2.45, 2.75) is 44.6 Å². The van der Waals surface area contributed by atoms with Gasteiger partial charge in [0.2, 0.25) is 0 Å². The van der Waals surface area contributed by atoms with Crippen LogP contribution in [0.15, 0.2) is 35.6 Å². The zero-order chi connectivity index (χ0) is 21.8. The highest BCUT2D eigenvalue weighted by Crippen LogP contribution is 2.56. The number of esters is 1. The molecule has 0 radical (unpaired) electrons. The molecule has 0 saturated carbocycles. The van der Waals surface area contributed by atoms with Crippen LogP contribution in [0, 0.1) is 11.3 Å². The molecular weight excluding hydrogens is 393 g/mol. The number of allylic oxidation sites excluding steroid dienone is 2. The monoisotopic (exact) mass is 414 g/mol. The van der Waals surface area contributed by atoms with Gasteiger partial charge in [0.25, 0.3) is 0 Å². The first-order valence-corrected chi connectivity index (χ1v) is 8.92. The highest BCUT2D eigenvalue weighted by molar-refractivity contribution is 6.00. The van der Waals surface area contributed by atoms with Crippen LogP contribution < -0.4 is 0 Å². The highest BCUT2D eigenvalue weighted by Gasteiger charge is 2.70. The van der Waals surface area contributed by atoms with Crippen LogP contribution in [0.3, 0.4) is 0 Å². The van der Waals surface area contributed by atoms with Crippen molar-refractivity contribution in [2.75, 3.05) is 7.11 Å². The summed E-state index contributed by atoms with van der Waals surface area (Å²) in [6.45, 7) is 3.40. The number of aromatic hydroxyl groups is 1. The summed E-state index contributed by atoms with van der Waals surface area (Å²) in [5.41, 5.74) is -0.621. The number of aliphatic hydroxyl groups is 1. The maximum atomic E-state index is 13.9. The Morgan fingerprint density at radius 2 is 1.79 bits per heavy atom. The summed E-state index contributed by atoms with van der Waals surface area (Å²) < 4.78 is 51.4. The zero-order valence-corrected chi connectivity index (χ0v) is 16.0. The quantitative estimate of drug-likeness (QED) is 0.722. The standard InChI is InChI=1S/C20H21F3O6/c1-18(2)8-12(25)15-13(9-18)29-19(27,20(21,22)23)16(17(26)28-3)14(15)10-4-6-11(24)7-5-10/h4-7,14,16,24,27H,8-9H2,1-3H3/t14-,16-,19+/m1/s1. The first-order valence-electron chi connectivity index (χ1n) is 8.92. The zero-order valence-electron chi connectivity index (χ0n) is 16.0. The van der Waals surface area contributed by atoms with Crippen LogP contribution in [0.1, 0.15) is 38.2 Å². The molecule has 3 rings (SSSR count). The number of carbonyl (C=O) groups excluding carboxylic acids is 2. The largest absolute Gasteiger partial charge is 0.508 e. The second kappa shape index (κ2) is 6.76. The van der Waals surface area contributed by atoms with Crippen molar-refractivity contribution >= 4 is 11.8 Å². The number of ketones is 1. The van der Waals surface area contributed by atoms with Crippen LogP contribution in [-0.2, 0) is 19.1 Å². The van der Waals surface area contributed by atoms with Crippen LogP contribution in [0.4, 0.5) is 13.2 Å². The molecule has 0 aromatic heterocycles. The van der Waals surface area contributed by atoms with E-state index in [-0.39, 0.29) is 35.5 Å². The van der Waals surface area contributed by atoms with Gasteiger partial charge in [0, 0.05) is 24.3 Å². The molecular formula is C20H21F3O6. The van der Waals surface area contributed by atoms with Crippen molar-refractivity contribution < 1.29 is 42.4 Å². The highest BCUT2D eigenvalue weighted by atomic mass is 19.4. The number of halogens is 3. The number of phenols is 1. The number of ether oxygens (including phenoxy) is 2. The van der Waals surface area contributed by atoms with E-state index < -0.39 is 41.0 Å². The average molecular weight is 414 g/mol. The van der Waals surface area contributed by atoms with Crippen molar-refractivity contribution in [3.05, 3.63) is 41.2 Å². The predicted molar refractivity (Wildman–Crippen MR) is 93.5 cm³/mol. The molecule has 1 aliphatic carbocycles. The molecule has 3 atom stereocenters. The lowest BCUT2D eigenvalue weighted by Crippen LogP contribution is -2.61. The van der Waals surface area contributed by atoms with Crippen molar-refractivity contribution in [3.63, 3.8) is 0 Å². The molecule has 9 heteroatoms. The van der Waals surface area contributed by atoms with Gasteiger partial charge in [-0.25, -0.2) is 0 Å². The van der Waals surface area contributed by atoms with Crippen LogP contribution in [0.5, 0.6) is 5.75 Å². The molecule has 0 bridgehead atoms. The van der Waals surface area contributed by atoms with Gasteiger partial charge in [0.1, 0.15) is 17.4 Å². The second-order valence-corrected chi connectivity index (χ2v) is 8.14. The fourth-order valence-electron chi connectivity index (χ4n) is 4.06. The van der Waals surface area contributed by atoms with E-state index in [9.17, 15) is 33.0 Å². The van der Waals surface area contributed by atoms with Gasteiger partial charge in [-0.05, 0) is 23.1 Å². The molecule has 0 saturated heterocycles. The topological polar surface area (TPSA) is 93.1 Å². The Balaban J connectivity index is 2.31. The Hall–Kier alpha value is -2.55. The number of alkyl halides is 3. The molecule has 1 heterocycles. The Labute approximate surface area is 164 Å². The normalized spacial score (nSPS) is 29.1. The van der Waals surface area contributed by atoms with E-state index in [1.807, 2.05) is 0 Å². The molecule has 158 valence electrons. The summed E-state index contributed by atoms with van der Waals surface area (Å²) in [6, 6.07) is 5.05. The van der Waals surface area contributed by atoms with Crippen molar-refractivity contribution in [1.82, 2.24) is 0 Å². The van der Waals surface area contributed by atoms with Gasteiger partial charge in [-0.3, -0.25) is 9.59 Å². The number of rotatable bonds is 2. The van der Waals surface area contributed by atoms with Crippen molar-refractivity contribution in [2.24, 2.45) is 11.3 Å². The molecule has 1 aliphatic heterocycles. The lowest BCUT2D eigenvalue weighted by Gasteiger charge is -2.47. The summed E-state index contributed by atoms with van der Waals surface area (Å²) in [6.07, 6.45) is -5.32. The van der Waals surface area contributed by atoms with Gasteiger partial charge < -0.3 is 19.7 Å². The SMILES string of the molecule is COC(=O)[C@H]1[C@H](c2ccc(O)cc2)C2=C(CC(C)(C)CC2=O)O[C@]1(O)C(F)(F)F. The van der Waals surface area contributed by atoms with Gasteiger partial charge in [-0.1, -0.05) is 26.0 Å². The Morgan fingerprint density at radius 3 is 2.31 bits per heavy atom. The number of hydrogen-bond acceptors (Lipinski definition) is 6. The van der Waals surface area contributed by atoms with Gasteiger partial charge in [-0.15, -0.1) is 0 Å². The van der Waals surface area contributed by atoms with E-state index in [2.05, 4.69) is 4.74 Å². The first-order chi connectivity index (χ1) is 13.3. The minimum Gasteiger partial charge on any atom is -0.508 e. The van der Waals surface area contributed by atoms with E-state index in [1.165, 1.54) is 24.3 Å². The fraction of sp³-hybridized carbons (Fsp3) is 0.500. The van der Waals surface area contributed by atoms with Crippen LogP contribution in [0.25, 0.3) is 0 Å². The Bertz CT molecular complexity index is 871. The van der Waals surface area contributed by atoms with Crippen LogP contribution >= 0.6 is 0 Å². The van der Waals surface area contributed by atoms with E-state index in [1.54, 1.807) is 13.8 Å². The molecule has 29 heavy (non-hydrogen) atoms. The molecule has 6 nitrogen and oxygen atoms in total. The maximum Gasteiger partial charge on any atom is 0.456 e. The van der Waals surface area contributed by atoms with E-state index >= 15 is 0 Å². The lowest BCUT2D eigenvalue weighted by molar-refractivity contribution is -0.378. The lowest BCUT2D eigenvalue weighted by atomic mass is 9.66. The summed E-state index contributed by atoms with van der Waals surface area (Å²) in [5.74, 6) is -9.87. The van der Waals surface area contributed by atoms with Gasteiger partial charge in [0.05, 0.1) is 7.11 Å². The molecule has 0 spiro atoms. The van der Waals surface area contributed by atoms with Gasteiger partial charge in [0.15, 0.2) is 5.78 Å². The van der Waals surface area contributed by atoms with Gasteiger partial charge >= 0.3 is 17.9 Å². The number of methoxy groups -OCH3 is 1. The molecule has 2 aliphatic rings. The van der Waals surface area contributed by atoms with Crippen molar-refractivity contribution in [1.29, 1.82) is 0 Å².